The molecule has 30 heavy (non-hydrogen) atoms. The van der Waals surface area contributed by atoms with Gasteiger partial charge in [0.15, 0.2) is 0 Å². The quantitative estimate of drug-likeness (QED) is 0.654. The molecule has 0 aliphatic heterocycles. The first-order chi connectivity index (χ1) is 14.4. The van der Waals surface area contributed by atoms with Crippen molar-refractivity contribution in [3.63, 3.8) is 0 Å². The number of benzene rings is 1. The largest absolute Gasteiger partial charge is 0.481 e. The van der Waals surface area contributed by atoms with Gasteiger partial charge in [0.25, 0.3) is 0 Å². The van der Waals surface area contributed by atoms with E-state index in [-0.39, 0.29) is 23.8 Å². The van der Waals surface area contributed by atoms with E-state index in [1.807, 2.05) is 35.7 Å². The molecule has 7 heteroatoms. The zero-order valence-electron chi connectivity index (χ0n) is 17.0. The second kappa shape index (κ2) is 8.22. The average Bonchev–Trinajstić information content (AvgIpc) is 3.42. The summed E-state index contributed by atoms with van der Waals surface area (Å²) in [6.07, 6.45) is 2.24. The number of amides is 1. The van der Waals surface area contributed by atoms with Crippen LogP contribution >= 0.6 is 11.3 Å². The van der Waals surface area contributed by atoms with E-state index in [1.54, 1.807) is 13.8 Å². The lowest BCUT2D eigenvalue weighted by Gasteiger charge is -2.27. The molecule has 1 amide bonds. The topological polar surface area (TPSA) is 92.7 Å². The molecular formula is C23H25NO5S. The summed E-state index contributed by atoms with van der Waals surface area (Å²) in [5, 5.41) is 14.8. The van der Waals surface area contributed by atoms with Gasteiger partial charge < -0.3 is 15.2 Å². The number of aliphatic carboxylic acids is 1. The highest BCUT2D eigenvalue weighted by Crippen LogP contribution is 2.53. The molecule has 2 aliphatic carbocycles. The van der Waals surface area contributed by atoms with Gasteiger partial charge in [-0.25, -0.2) is 4.79 Å². The van der Waals surface area contributed by atoms with Crippen LogP contribution in [0.5, 0.6) is 0 Å². The molecule has 158 valence electrons. The number of esters is 1. The number of hydrogen-bond acceptors (Lipinski definition) is 5. The average molecular weight is 428 g/mol. The Morgan fingerprint density at radius 3 is 2.40 bits per heavy atom. The van der Waals surface area contributed by atoms with Gasteiger partial charge in [-0.1, -0.05) is 30.3 Å². The second-order valence-corrected chi connectivity index (χ2v) is 9.27. The number of anilines is 1. The first-order valence-electron chi connectivity index (χ1n) is 10.3. The number of ether oxygens (including phenoxy) is 1. The van der Waals surface area contributed by atoms with Crippen molar-refractivity contribution in [1.82, 2.24) is 0 Å². The molecule has 2 fully saturated rings. The molecule has 1 heterocycles. The Bertz CT molecular complexity index is 967. The van der Waals surface area contributed by atoms with Gasteiger partial charge in [0.2, 0.25) is 5.91 Å². The number of rotatable bonds is 6. The molecule has 2 bridgehead atoms. The molecule has 1 aromatic heterocycles. The van der Waals surface area contributed by atoms with E-state index in [0.717, 1.165) is 24.8 Å². The molecule has 6 nitrogen and oxygen atoms in total. The zero-order valence-corrected chi connectivity index (χ0v) is 17.8. The fourth-order valence-corrected chi connectivity index (χ4v) is 5.94. The molecule has 0 unspecified atom stereocenters. The van der Waals surface area contributed by atoms with Crippen LogP contribution in [0, 0.1) is 23.7 Å². The van der Waals surface area contributed by atoms with E-state index >= 15 is 0 Å². The zero-order chi connectivity index (χ0) is 21.4. The highest BCUT2D eigenvalue weighted by molar-refractivity contribution is 7.15. The molecule has 0 radical (unpaired) electrons. The highest BCUT2D eigenvalue weighted by atomic mass is 32.1. The summed E-state index contributed by atoms with van der Waals surface area (Å²) >= 11 is 1.26. The molecule has 0 spiro atoms. The van der Waals surface area contributed by atoms with Gasteiger partial charge in [-0.2, -0.15) is 0 Å². The minimum absolute atomic E-state index is 0.0665. The summed E-state index contributed by atoms with van der Waals surface area (Å²) < 4.78 is 5.44. The van der Waals surface area contributed by atoms with Crippen molar-refractivity contribution < 1.29 is 24.2 Å². The van der Waals surface area contributed by atoms with Crippen LogP contribution in [-0.2, 0) is 14.3 Å². The number of carboxylic acids is 1. The molecule has 0 saturated heterocycles. The summed E-state index contributed by atoms with van der Waals surface area (Å²) in [7, 11) is 0. The lowest BCUT2D eigenvalue weighted by atomic mass is 9.79. The normalized spacial score (nSPS) is 24.8. The third-order valence-electron chi connectivity index (χ3n) is 6.16. The molecule has 2 N–H and O–H groups in total. The fourth-order valence-electron chi connectivity index (χ4n) is 4.97. The van der Waals surface area contributed by atoms with E-state index in [1.165, 1.54) is 11.3 Å². The molecule has 2 saturated carbocycles. The Labute approximate surface area is 179 Å². The number of hydrogen-bond donors (Lipinski definition) is 2. The molecular weight excluding hydrogens is 402 g/mol. The van der Waals surface area contributed by atoms with E-state index in [9.17, 15) is 19.5 Å². The summed E-state index contributed by atoms with van der Waals surface area (Å²) in [4.78, 5) is 37.8. The monoisotopic (exact) mass is 427 g/mol. The maximum Gasteiger partial charge on any atom is 0.342 e. The predicted molar refractivity (Wildman–Crippen MR) is 114 cm³/mol. The Morgan fingerprint density at radius 2 is 1.77 bits per heavy atom. The van der Waals surface area contributed by atoms with Crippen molar-refractivity contribution in [3.8, 4) is 11.1 Å². The number of thiophene rings is 1. The van der Waals surface area contributed by atoms with Crippen molar-refractivity contribution in [2.45, 2.75) is 39.2 Å². The molecule has 2 aliphatic rings. The number of carbonyl (C=O) groups is 3. The van der Waals surface area contributed by atoms with Crippen LogP contribution in [0.3, 0.4) is 0 Å². The molecule has 1 aromatic carbocycles. The first-order valence-corrected chi connectivity index (χ1v) is 11.2. The van der Waals surface area contributed by atoms with Crippen LogP contribution in [-0.4, -0.2) is 29.1 Å². The second-order valence-electron chi connectivity index (χ2n) is 8.39. The van der Waals surface area contributed by atoms with Gasteiger partial charge in [0, 0.05) is 10.9 Å². The maximum absolute atomic E-state index is 13.1. The van der Waals surface area contributed by atoms with Crippen molar-refractivity contribution in [3.05, 3.63) is 41.3 Å². The van der Waals surface area contributed by atoms with Crippen LogP contribution in [0.1, 0.15) is 43.5 Å². The van der Waals surface area contributed by atoms with E-state index in [0.29, 0.717) is 16.1 Å². The standard InChI is InChI=1S/C23H25NO5S/c1-12(2)29-23(28)19-16(13-6-4-3-5-7-13)11-30-21(19)24-20(25)17-14-8-9-15(10-14)18(17)22(26)27/h3-7,11-12,14-15,17-18H,8-10H2,1-2H3,(H,24,25)(H,26,27)/t14-,15+,17-,18+/m1/s1. The van der Waals surface area contributed by atoms with Crippen LogP contribution in [0.15, 0.2) is 35.7 Å². The van der Waals surface area contributed by atoms with Gasteiger partial charge >= 0.3 is 11.9 Å². The fraction of sp³-hybridized carbons (Fsp3) is 0.435. The lowest BCUT2D eigenvalue weighted by Crippen LogP contribution is -2.38. The third kappa shape index (κ3) is 3.74. The van der Waals surface area contributed by atoms with E-state index in [2.05, 4.69) is 5.32 Å². The minimum atomic E-state index is -0.905. The van der Waals surface area contributed by atoms with Crippen LogP contribution < -0.4 is 5.32 Å². The Hall–Kier alpha value is -2.67. The lowest BCUT2D eigenvalue weighted by molar-refractivity contribution is -0.148. The number of fused-ring (bicyclic) bond motifs is 2. The van der Waals surface area contributed by atoms with Gasteiger partial charge in [-0.05, 0) is 50.5 Å². The summed E-state index contributed by atoms with van der Waals surface area (Å²) in [6, 6.07) is 9.46. The number of carbonyl (C=O) groups excluding carboxylic acids is 2. The predicted octanol–water partition coefficient (Wildman–Crippen LogP) is 4.67. The number of carboxylic acid groups (broad SMARTS) is 1. The Morgan fingerprint density at radius 1 is 1.10 bits per heavy atom. The summed E-state index contributed by atoms with van der Waals surface area (Å²) in [6.45, 7) is 3.55. The Kier molecular flexibility index (Phi) is 5.64. The van der Waals surface area contributed by atoms with Crippen molar-refractivity contribution in [2.75, 3.05) is 5.32 Å². The summed E-state index contributed by atoms with van der Waals surface area (Å²) in [5.74, 6) is -2.76. The van der Waals surface area contributed by atoms with Gasteiger partial charge in [0.05, 0.1) is 17.9 Å². The van der Waals surface area contributed by atoms with Crippen molar-refractivity contribution in [2.24, 2.45) is 23.7 Å². The SMILES string of the molecule is CC(C)OC(=O)c1c(-c2ccccc2)csc1NC(=O)[C@@H]1[C@@H]2CC[C@@H](C2)[C@@H]1C(=O)O. The van der Waals surface area contributed by atoms with E-state index in [4.69, 9.17) is 4.74 Å². The van der Waals surface area contributed by atoms with Crippen LogP contribution in [0.25, 0.3) is 11.1 Å². The number of nitrogens with one attached hydrogen (secondary N) is 1. The molecule has 4 rings (SSSR count). The van der Waals surface area contributed by atoms with Crippen molar-refractivity contribution >= 4 is 34.2 Å². The Balaban J connectivity index is 1.65. The maximum atomic E-state index is 13.1. The molecule has 4 atom stereocenters. The first kappa shape index (κ1) is 20.6. The minimum Gasteiger partial charge on any atom is -0.481 e. The van der Waals surface area contributed by atoms with Gasteiger partial charge in [0.1, 0.15) is 10.6 Å². The van der Waals surface area contributed by atoms with Crippen molar-refractivity contribution in [1.29, 1.82) is 0 Å². The van der Waals surface area contributed by atoms with Crippen LogP contribution in [0.4, 0.5) is 5.00 Å². The molecule has 2 aromatic rings. The third-order valence-corrected chi connectivity index (χ3v) is 7.06. The van der Waals surface area contributed by atoms with Crippen LogP contribution in [0.2, 0.25) is 0 Å². The highest BCUT2D eigenvalue weighted by Gasteiger charge is 2.54. The van der Waals surface area contributed by atoms with Gasteiger partial charge in [-0.15, -0.1) is 11.3 Å². The van der Waals surface area contributed by atoms with Gasteiger partial charge in [-0.3, -0.25) is 9.59 Å². The summed E-state index contributed by atoms with van der Waals surface area (Å²) in [5.41, 5.74) is 1.88. The van der Waals surface area contributed by atoms with E-state index < -0.39 is 23.8 Å². The smallest absolute Gasteiger partial charge is 0.342 e.